The van der Waals surface area contributed by atoms with E-state index in [4.69, 9.17) is 12.2 Å². The first-order valence-corrected chi connectivity index (χ1v) is 10.7. The summed E-state index contributed by atoms with van der Waals surface area (Å²) in [7, 11) is 0. The Morgan fingerprint density at radius 1 is 1.10 bits per heavy atom. The Morgan fingerprint density at radius 2 is 1.90 bits per heavy atom. The van der Waals surface area contributed by atoms with Crippen LogP contribution in [-0.4, -0.2) is 27.6 Å². The van der Waals surface area contributed by atoms with Gasteiger partial charge in [-0.1, -0.05) is 48.5 Å². The lowest BCUT2D eigenvalue weighted by Gasteiger charge is -2.23. The standard InChI is InChI=1S/C22H21N5S2/c1-2-26(16-18-7-4-3-5-8-18)19-12-10-17(11-13-19)15-23-27-21(24-25-22(27)28)20-9-6-14-29-20/h3-15H,2,16H2,1H3,(H,25,28)/b23-15-. The van der Waals surface area contributed by atoms with Crippen LogP contribution in [0.1, 0.15) is 18.1 Å². The van der Waals surface area contributed by atoms with Crippen molar-refractivity contribution >= 4 is 35.5 Å². The number of rotatable bonds is 7. The minimum atomic E-state index is 0.473. The van der Waals surface area contributed by atoms with Crippen molar-refractivity contribution in [3.8, 4) is 10.7 Å². The van der Waals surface area contributed by atoms with E-state index in [0.29, 0.717) is 4.77 Å². The zero-order valence-corrected chi connectivity index (χ0v) is 17.7. The maximum atomic E-state index is 5.32. The first-order chi connectivity index (χ1) is 14.2. The Bertz CT molecular complexity index is 1130. The van der Waals surface area contributed by atoms with Crippen molar-refractivity contribution in [1.29, 1.82) is 0 Å². The number of nitrogens with zero attached hydrogens (tertiary/aromatic N) is 4. The first-order valence-electron chi connectivity index (χ1n) is 9.39. The molecule has 0 aliphatic heterocycles. The second kappa shape index (κ2) is 8.98. The van der Waals surface area contributed by atoms with Crippen LogP contribution in [0.25, 0.3) is 10.7 Å². The summed E-state index contributed by atoms with van der Waals surface area (Å²) in [6.07, 6.45) is 1.81. The highest BCUT2D eigenvalue weighted by Crippen LogP contribution is 2.23. The van der Waals surface area contributed by atoms with Gasteiger partial charge in [0.25, 0.3) is 0 Å². The predicted octanol–water partition coefficient (Wildman–Crippen LogP) is 5.58. The summed E-state index contributed by atoms with van der Waals surface area (Å²) < 4.78 is 2.13. The van der Waals surface area contributed by atoms with Crippen LogP contribution < -0.4 is 4.90 Å². The van der Waals surface area contributed by atoms with Crippen LogP contribution in [0.5, 0.6) is 0 Å². The minimum absolute atomic E-state index is 0.473. The lowest BCUT2D eigenvalue weighted by Crippen LogP contribution is -2.21. The molecule has 5 nitrogen and oxygen atoms in total. The van der Waals surface area contributed by atoms with Gasteiger partial charge in [-0.3, -0.25) is 0 Å². The number of hydrogen-bond donors (Lipinski definition) is 1. The van der Waals surface area contributed by atoms with E-state index in [9.17, 15) is 0 Å². The highest BCUT2D eigenvalue weighted by molar-refractivity contribution is 7.71. The van der Waals surface area contributed by atoms with E-state index in [1.54, 1.807) is 22.2 Å². The third-order valence-electron chi connectivity index (χ3n) is 4.57. The molecule has 0 bridgehead atoms. The van der Waals surface area contributed by atoms with Crippen LogP contribution >= 0.6 is 23.6 Å². The average molecular weight is 420 g/mol. The van der Waals surface area contributed by atoms with Crippen LogP contribution in [0.3, 0.4) is 0 Å². The van der Waals surface area contributed by atoms with Crippen molar-refractivity contribution in [2.75, 3.05) is 11.4 Å². The van der Waals surface area contributed by atoms with Crippen LogP contribution in [0, 0.1) is 4.77 Å². The van der Waals surface area contributed by atoms with Crippen molar-refractivity contribution in [3.05, 3.63) is 88.0 Å². The molecular formula is C22H21N5S2. The molecule has 7 heteroatoms. The molecule has 2 heterocycles. The highest BCUT2D eigenvalue weighted by atomic mass is 32.1. The van der Waals surface area contributed by atoms with E-state index in [1.807, 2.05) is 23.6 Å². The van der Waals surface area contributed by atoms with Gasteiger partial charge in [-0.15, -0.1) is 11.3 Å². The van der Waals surface area contributed by atoms with Crippen LogP contribution in [-0.2, 0) is 6.54 Å². The topological polar surface area (TPSA) is 49.2 Å². The molecule has 0 fully saturated rings. The van der Waals surface area contributed by atoms with Gasteiger partial charge in [-0.25, -0.2) is 5.10 Å². The molecule has 4 rings (SSSR count). The number of thiophene rings is 1. The zero-order chi connectivity index (χ0) is 20.1. The molecule has 2 aromatic carbocycles. The summed E-state index contributed by atoms with van der Waals surface area (Å²) in [5.41, 5.74) is 3.49. The number of benzene rings is 2. The summed E-state index contributed by atoms with van der Waals surface area (Å²) in [5, 5.41) is 13.7. The van der Waals surface area contributed by atoms with Crippen LogP contribution in [0.2, 0.25) is 0 Å². The molecule has 2 aromatic heterocycles. The van der Waals surface area contributed by atoms with E-state index >= 15 is 0 Å². The largest absolute Gasteiger partial charge is 0.367 e. The fraction of sp³-hybridized carbons (Fsp3) is 0.136. The molecule has 0 amide bonds. The smallest absolute Gasteiger partial charge is 0.216 e. The quantitative estimate of drug-likeness (QED) is 0.314. The summed E-state index contributed by atoms with van der Waals surface area (Å²) in [4.78, 5) is 3.36. The van der Waals surface area contributed by atoms with Crippen LogP contribution in [0.4, 0.5) is 5.69 Å². The number of anilines is 1. The van der Waals surface area contributed by atoms with Gasteiger partial charge in [-0.2, -0.15) is 14.9 Å². The molecule has 0 spiro atoms. The number of nitrogens with one attached hydrogen (secondary N) is 1. The van der Waals surface area contributed by atoms with E-state index in [1.165, 1.54) is 11.3 Å². The molecule has 0 radical (unpaired) electrons. The predicted molar refractivity (Wildman–Crippen MR) is 123 cm³/mol. The second-order valence-electron chi connectivity index (χ2n) is 6.48. The van der Waals surface area contributed by atoms with Crippen molar-refractivity contribution in [3.63, 3.8) is 0 Å². The average Bonchev–Trinajstić information content (AvgIpc) is 3.41. The monoisotopic (exact) mass is 419 g/mol. The number of H-pyrrole nitrogens is 1. The molecule has 0 aliphatic carbocycles. The first kappa shape index (κ1) is 19.3. The highest BCUT2D eigenvalue weighted by Gasteiger charge is 2.09. The SMILES string of the molecule is CCN(Cc1ccccc1)c1ccc(/C=N\n2c(-c3cccs3)n[nH]c2=S)cc1. The molecule has 0 atom stereocenters. The third kappa shape index (κ3) is 4.52. The van der Waals surface area contributed by atoms with Crippen molar-refractivity contribution < 1.29 is 0 Å². The van der Waals surface area contributed by atoms with Crippen molar-refractivity contribution in [2.45, 2.75) is 13.5 Å². The Kier molecular flexibility index (Phi) is 5.97. The lowest BCUT2D eigenvalue weighted by atomic mass is 10.1. The molecule has 0 aliphatic rings. The summed E-state index contributed by atoms with van der Waals surface area (Å²) in [5.74, 6) is 0.720. The maximum Gasteiger partial charge on any atom is 0.216 e. The van der Waals surface area contributed by atoms with Gasteiger partial charge in [0, 0.05) is 18.8 Å². The van der Waals surface area contributed by atoms with Gasteiger partial charge in [0.05, 0.1) is 11.1 Å². The number of aromatic nitrogens is 3. The number of hydrogen-bond acceptors (Lipinski definition) is 5. The van der Waals surface area contributed by atoms with E-state index < -0.39 is 0 Å². The van der Waals surface area contributed by atoms with E-state index in [2.05, 4.69) is 75.7 Å². The zero-order valence-electron chi connectivity index (χ0n) is 16.0. The van der Waals surface area contributed by atoms with Crippen LogP contribution in [0.15, 0.2) is 77.2 Å². The molecular weight excluding hydrogens is 398 g/mol. The van der Waals surface area contributed by atoms with E-state index in [-0.39, 0.29) is 0 Å². The van der Waals surface area contributed by atoms with Gasteiger partial charge in [0.1, 0.15) is 0 Å². The fourth-order valence-corrected chi connectivity index (χ4v) is 3.93. The molecule has 0 saturated heterocycles. The summed E-state index contributed by atoms with van der Waals surface area (Å²) >= 11 is 6.93. The van der Waals surface area contributed by atoms with Gasteiger partial charge < -0.3 is 4.90 Å². The van der Waals surface area contributed by atoms with Gasteiger partial charge in [0.15, 0.2) is 5.82 Å². The molecule has 4 aromatic rings. The minimum Gasteiger partial charge on any atom is -0.367 e. The Labute approximate surface area is 179 Å². The molecule has 1 N–H and O–H groups in total. The van der Waals surface area contributed by atoms with E-state index in [0.717, 1.165) is 29.4 Å². The molecule has 146 valence electrons. The Balaban J connectivity index is 1.52. The van der Waals surface area contributed by atoms with Gasteiger partial charge in [-0.05, 0) is 53.8 Å². The van der Waals surface area contributed by atoms with Gasteiger partial charge in [0.2, 0.25) is 4.77 Å². The lowest BCUT2D eigenvalue weighted by molar-refractivity contribution is 0.832. The third-order valence-corrected chi connectivity index (χ3v) is 5.70. The fourth-order valence-electron chi connectivity index (χ4n) is 3.05. The summed E-state index contributed by atoms with van der Waals surface area (Å²) in [6, 6.07) is 22.9. The maximum absolute atomic E-state index is 5.32. The summed E-state index contributed by atoms with van der Waals surface area (Å²) in [6.45, 7) is 4.00. The van der Waals surface area contributed by atoms with Gasteiger partial charge >= 0.3 is 0 Å². The Hall–Kier alpha value is -3.03. The molecule has 0 unspecified atom stereocenters. The normalized spacial score (nSPS) is 11.2. The molecule has 29 heavy (non-hydrogen) atoms. The van der Waals surface area contributed by atoms with Crippen molar-refractivity contribution in [1.82, 2.24) is 14.9 Å². The Morgan fingerprint density at radius 3 is 2.59 bits per heavy atom. The molecule has 0 saturated carbocycles. The van der Waals surface area contributed by atoms with Crippen molar-refractivity contribution in [2.24, 2.45) is 5.10 Å². The second-order valence-corrected chi connectivity index (χ2v) is 7.81. The number of aromatic amines is 1.